The second-order valence-electron chi connectivity index (χ2n) is 4.28. The number of hydrogen-bond donors (Lipinski definition) is 1. The van der Waals surface area contributed by atoms with Crippen LogP contribution in [-0.4, -0.2) is 16.3 Å². The number of hydrogen-bond acceptors (Lipinski definition) is 3. The van der Waals surface area contributed by atoms with Crippen molar-refractivity contribution in [2.24, 2.45) is 0 Å². The Morgan fingerprint density at radius 3 is 2.67 bits per heavy atom. The highest BCUT2D eigenvalue weighted by molar-refractivity contribution is 5.67. The molecule has 2 N–H and O–H groups in total. The first kappa shape index (κ1) is 12.5. The molecule has 0 bridgehead atoms. The van der Waals surface area contributed by atoms with E-state index in [-0.39, 0.29) is 0 Å². The number of nitrogens with zero attached hydrogens (tertiary/aromatic N) is 3. The molecular formula is C14H20N4. The molecule has 0 aliphatic heterocycles. The predicted octanol–water partition coefficient (Wildman–Crippen LogP) is 2.51. The molecule has 1 aromatic carbocycles. The highest BCUT2D eigenvalue weighted by atomic mass is 15.3. The lowest BCUT2D eigenvalue weighted by Crippen LogP contribution is -2.22. The zero-order valence-corrected chi connectivity index (χ0v) is 11.0. The van der Waals surface area contributed by atoms with Gasteiger partial charge in [0.15, 0.2) is 0 Å². The second-order valence-corrected chi connectivity index (χ2v) is 4.28. The van der Waals surface area contributed by atoms with Crippen molar-refractivity contribution in [1.82, 2.24) is 9.78 Å². The van der Waals surface area contributed by atoms with Crippen molar-refractivity contribution in [3.05, 3.63) is 42.2 Å². The maximum atomic E-state index is 6.02. The molecule has 0 atom stereocenters. The summed E-state index contributed by atoms with van der Waals surface area (Å²) in [5.74, 6) is 0. The summed E-state index contributed by atoms with van der Waals surface area (Å²) in [5, 5.41) is 4.30. The Hall–Kier alpha value is -1.97. The van der Waals surface area contributed by atoms with E-state index in [0.29, 0.717) is 0 Å². The lowest BCUT2D eigenvalue weighted by molar-refractivity contribution is 0.659. The molecule has 18 heavy (non-hydrogen) atoms. The summed E-state index contributed by atoms with van der Waals surface area (Å²) in [7, 11) is 0. The Bertz CT molecular complexity index is 504. The van der Waals surface area contributed by atoms with Gasteiger partial charge >= 0.3 is 0 Å². The summed E-state index contributed by atoms with van der Waals surface area (Å²) in [6.07, 6.45) is 4.01. The van der Waals surface area contributed by atoms with Gasteiger partial charge in [0.05, 0.1) is 17.6 Å². The maximum absolute atomic E-state index is 6.02. The van der Waals surface area contributed by atoms with Crippen molar-refractivity contribution in [3.63, 3.8) is 0 Å². The molecule has 0 aliphatic rings. The number of aryl methyl sites for hydroxylation is 1. The minimum Gasteiger partial charge on any atom is -0.397 e. The largest absolute Gasteiger partial charge is 0.397 e. The van der Waals surface area contributed by atoms with E-state index in [1.807, 2.05) is 29.1 Å². The summed E-state index contributed by atoms with van der Waals surface area (Å²) in [5.41, 5.74) is 9.14. The van der Waals surface area contributed by atoms with E-state index < -0.39 is 0 Å². The van der Waals surface area contributed by atoms with Gasteiger partial charge in [-0.3, -0.25) is 4.68 Å². The smallest absolute Gasteiger partial charge is 0.0602 e. The number of benzene rings is 1. The van der Waals surface area contributed by atoms with Crippen LogP contribution in [0.3, 0.4) is 0 Å². The van der Waals surface area contributed by atoms with Crippen molar-refractivity contribution in [2.75, 3.05) is 17.2 Å². The molecule has 0 unspecified atom stereocenters. The first-order valence-corrected chi connectivity index (χ1v) is 6.35. The van der Waals surface area contributed by atoms with E-state index in [4.69, 9.17) is 5.73 Å². The minimum atomic E-state index is 0.822. The van der Waals surface area contributed by atoms with Crippen LogP contribution in [0.2, 0.25) is 0 Å². The molecule has 2 rings (SSSR count). The molecule has 0 fully saturated rings. The Kier molecular flexibility index (Phi) is 3.87. The molecule has 1 heterocycles. The van der Waals surface area contributed by atoms with Gasteiger partial charge < -0.3 is 10.6 Å². The van der Waals surface area contributed by atoms with Crippen LogP contribution in [-0.2, 0) is 13.1 Å². The highest BCUT2D eigenvalue weighted by Gasteiger charge is 2.09. The quantitative estimate of drug-likeness (QED) is 0.822. The standard InChI is InChI=1S/C14H20N4/c1-3-17(14-8-6-5-7-13(14)15)10-12-9-16-18(4-2)11-12/h5-9,11H,3-4,10,15H2,1-2H3. The van der Waals surface area contributed by atoms with Gasteiger partial charge in [-0.1, -0.05) is 12.1 Å². The monoisotopic (exact) mass is 244 g/mol. The second kappa shape index (κ2) is 5.58. The summed E-state index contributed by atoms with van der Waals surface area (Å²) < 4.78 is 1.94. The minimum absolute atomic E-state index is 0.822. The van der Waals surface area contributed by atoms with Gasteiger partial charge in [-0.15, -0.1) is 0 Å². The third-order valence-corrected chi connectivity index (χ3v) is 3.04. The predicted molar refractivity (Wildman–Crippen MR) is 75.5 cm³/mol. The Balaban J connectivity index is 2.17. The van der Waals surface area contributed by atoms with Crippen molar-refractivity contribution in [3.8, 4) is 0 Å². The molecule has 0 radical (unpaired) electrons. The summed E-state index contributed by atoms with van der Waals surface area (Å²) >= 11 is 0. The van der Waals surface area contributed by atoms with Crippen molar-refractivity contribution in [1.29, 1.82) is 0 Å². The van der Waals surface area contributed by atoms with Gasteiger partial charge in [0, 0.05) is 31.4 Å². The molecule has 2 aromatic rings. The van der Waals surface area contributed by atoms with E-state index in [1.165, 1.54) is 5.56 Å². The molecule has 0 spiro atoms. The highest BCUT2D eigenvalue weighted by Crippen LogP contribution is 2.23. The number of para-hydroxylation sites is 2. The molecule has 1 aromatic heterocycles. The van der Waals surface area contributed by atoms with E-state index in [9.17, 15) is 0 Å². The Labute approximate surface area is 108 Å². The number of aromatic nitrogens is 2. The molecule has 0 aliphatic carbocycles. The zero-order chi connectivity index (χ0) is 13.0. The van der Waals surface area contributed by atoms with Gasteiger partial charge in [-0.2, -0.15) is 5.10 Å². The molecule has 0 saturated carbocycles. The van der Waals surface area contributed by atoms with Crippen LogP contribution >= 0.6 is 0 Å². The summed E-state index contributed by atoms with van der Waals surface area (Å²) in [6.45, 7) is 6.88. The summed E-state index contributed by atoms with van der Waals surface area (Å²) in [4.78, 5) is 2.26. The van der Waals surface area contributed by atoms with Gasteiger partial charge in [0.25, 0.3) is 0 Å². The third-order valence-electron chi connectivity index (χ3n) is 3.04. The topological polar surface area (TPSA) is 47.1 Å². The fourth-order valence-electron chi connectivity index (χ4n) is 2.02. The van der Waals surface area contributed by atoms with Crippen LogP contribution in [0.15, 0.2) is 36.7 Å². The Morgan fingerprint density at radius 2 is 2.06 bits per heavy atom. The first-order chi connectivity index (χ1) is 8.74. The average molecular weight is 244 g/mol. The SMILES string of the molecule is CCN(Cc1cnn(CC)c1)c1ccccc1N. The third kappa shape index (κ3) is 2.64. The Morgan fingerprint density at radius 1 is 1.28 bits per heavy atom. The molecule has 4 nitrogen and oxygen atoms in total. The zero-order valence-electron chi connectivity index (χ0n) is 11.0. The molecule has 0 saturated heterocycles. The van der Waals surface area contributed by atoms with Gasteiger partial charge in [-0.25, -0.2) is 0 Å². The van der Waals surface area contributed by atoms with Crippen molar-refractivity contribution in [2.45, 2.75) is 26.9 Å². The molecular weight excluding hydrogens is 224 g/mol. The van der Waals surface area contributed by atoms with E-state index >= 15 is 0 Å². The molecule has 96 valence electrons. The van der Waals surface area contributed by atoms with Crippen LogP contribution in [0.25, 0.3) is 0 Å². The van der Waals surface area contributed by atoms with Crippen LogP contribution in [0, 0.1) is 0 Å². The normalized spacial score (nSPS) is 10.6. The fraction of sp³-hybridized carbons (Fsp3) is 0.357. The summed E-state index contributed by atoms with van der Waals surface area (Å²) in [6, 6.07) is 7.97. The van der Waals surface area contributed by atoms with Gasteiger partial charge in [-0.05, 0) is 26.0 Å². The number of rotatable bonds is 5. The van der Waals surface area contributed by atoms with E-state index in [2.05, 4.69) is 36.1 Å². The van der Waals surface area contributed by atoms with Crippen LogP contribution in [0.4, 0.5) is 11.4 Å². The fourth-order valence-corrected chi connectivity index (χ4v) is 2.02. The number of nitrogens with two attached hydrogens (primary N) is 1. The lowest BCUT2D eigenvalue weighted by atomic mass is 10.2. The van der Waals surface area contributed by atoms with Crippen molar-refractivity contribution < 1.29 is 0 Å². The maximum Gasteiger partial charge on any atom is 0.0602 e. The van der Waals surface area contributed by atoms with Crippen molar-refractivity contribution >= 4 is 11.4 Å². The van der Waals surface area contributed by atoms with E-state index in [0.717, 1.165) is 31.0 Å². The van der Waals surface area contributed by atoms with Gasteiger partial charge in [0.1, 0.15) is 0 Å². The molecule has 4 heteroatoms. The van der Waals surface area contributed by atoms with Gasteiger partial charge in [0.2, 0.25) is 0 Å². The number of nitrogen functional groups attached to an aromatic ring is 1. The number of anilines is 2. The van der Waals surface area contributed by atoms with Crippen LogP contribution < -0.4 is 10.6 Å². The average Bonchev–Trinajstić information content (AvgIpc) is 2.85. The van der Waals surface area contributed by atoms with E-state index in [1.54, 1.807) is 0 Å². The van der Waals surface area contributed by atoms with Crippen LogP contribution in [0.1, 0.15) is 19.4 Å². The lowest BCUT2D eigenvalue weighted by Gasteiger charge is -2.23. The van der Waals surface area contributed by atoms with Crippen LogP contribution in [0.5, 0.6) is 0 Å². The molecule has 0 amide bonds. The first-order valence-electron chi connectivity index (χ1n) is 6.35.